The van der Waals surface area contributed by atoms with E-state index in [0.717, 1.165) is 0 Å². The molecule has 0 aromatic heterocycles. The first-order valence-corrected chi connectivity index (χ1v) is 6.09. The van der Waals surface area contributed by atoms with Gasteiger partial charge in [0, 0.05) is 17.0 Å². The lowest BCUT2D eigenvalue weighted by atomic mass is 10.0. The van der Waals surface area contributed by atoms with E-state index >= 15 is 0 Å². The number of halogens is 2. The summed E-state index contributed by atoms with van der Waals surface area (Å²) in [5.74, 6) is -0.516. The molecule has 0 aliphatic carbocycles. The minimum atomic E-state index is -0.493. The molecule has 0 bridgehead atoms. The van der Waals surface area contributed by atoms with Crippen LogP contribution in [0.5, 0.6) is 5.75 Å². The second kappa shape index (κ2) is 5.85. The Morgan fingerprint density at radius 2 is 1.89 bits per heavy atom. The standard InChI is InChI=1S/C15H12ClFO2/c1-19-14-4-2-3-11(15(14)17)9-13(18)10-5-7-12(16)8-6-10/h2-8H,9H2,1H3. The van der Waals surface area contributed by atoms with E-state index in [2.05, 4.69) is 0 Å². The van der Waals surface area contributed by atoms with E-state index in [1.54, 1.807) is 36.4 Å². The zero-order valence-electron chi connectivity index (χ0n) is 10.3. The second-order valence-corrected chi connectivity index (χ2v) is 4.48. The number of hydrogen-bond acceptors (Lipinski definition) is 2. The van der Waals surface area contributed by atoms with E-state index < -0.39 is 5.82 Å². The summed E-state index contributed by atoms with van der Waals surface area (Å²) in [6.45, 7) is 0. The maximum atomic E-state index is 13.9. The zero-order valence-corrected chi connectivity index (χ0v) is 11.1. The summed E-state index contributed by atoms with van der Waals surface area (Å²) in [6.07, 6.45) is -0.00926. The number of carbonyl (C=O) groups is 1. The molecule has 0 heterocycles. The summed E-state index contributed by atoms with van der Waals surface area (Å²) in [6, 6.07) is 11.3. The molecule has 2 nitrogen and oxygen atoms in total. The van der Waals surface area contributed by atoms with Gasteiger partial charge < -0.3 is 4.74 Å². The van der Waals surface area contributed by atoms with Gasteiger partial charge in [-0.2, -0.15) is 0 Å². The molecule has 0 spiro atoms. The van der Waals surface area contributed by atoms with Crippen LogP contribution in [0.15, 0.2) is 42.5 Å². The minimum Gasteiger partial charge on any atom is -0.494 e. The molecule has 0 saturated carbocycles. The zero-order chi connectivity index (χ0) is 13.8. The van der Waals surface area contributed by atoms with Gasteiger partial charge >= 0.3 is 0 Å². The van der Waals surface area contributed by atoms with Crippen molar-refractivity contribution < 1.29 is 13.9 Å². The summed E-state index contributed by atoms with van der Waals surface area (Å²) in [5.41, 5.74) is 0.825. The van der Waals surface area contributed by atoms with Crippen LogP contribution < -0.4 is 4.74 Å². The van der Waals surface area contributed by atoms with Gasteiger partial charge in [-0.15, -0.1) is 0 Å². The largest absolute Gasteiger partial charge is 0.494 e. The Balaban J connectivity index is 2.21. The molecule has 2 rings (SSSR count). The first-order chi connectivity index (χ1) is 9.11. The monoisotopic (exact) mass is 278 g/mol. The predicted octanol–water partition coefficient (Wildman–Crippen LogP) is 3.91. The molecule has 0 aliphatic heterocycles. The minimum absolute atomic E-state index is 0.00926. The molecule has 0 radical (unpaired) electrons. The van der Waals surface area contributed by atoms with Crippen LogP contribution in [-0.2, 0) is 6.42 Å². The molecule has 0 unspecified atom stereocenters. The highest BCUT2D eigenvalue weighted by Crippen LogP contribution is 2.21. The van der Waals surface area contributed by atoms with E-state index in [4.69, 9.17) is 16.3 Å². The van der Waals surface area contributed by atoms with Crippen molar-refractivity contribution >= 4 is 17.4 Å². The molecule has 0 N–H and O–H groups in total. The number of Topliss-reactive ketones (excluding diaryl/α,β-unsaturated/α-hetero) is 1. The highest BCUT2D eigenvalue weighted by atomic mass is 35.5. The van der Waals surface area contributed by atoms with Crippen LogP contribution >= 0.6 is 11.6 Å². The van der Waals surface area contributed by atoms with Crippen LogP contribution in [0.1, 0.15) is 15.9 Å². The molecule has 19 heavy (non-hydrogen) atoms. The van der Waals surface area contributed by atoms with Crippen LogP contribution in [0.2, 0.25) is 5.02 Å². The van der Waals surface area contributed by atoms with Gasteiger partial charge in [-0.05, 0) is 35.9 Å². The van der Waals surface area contributed by atoms with Gasteiger partial charge in [-0.25, -0.2) is 4.39 Å². The fraction of sp³-hybridized carbons (Fsp3) is 0.133. The highest BCUT2D eigenvalue weighted by Gasteiger charge is 2.13. The number of benzene rings is 2. The summed E-state index contributed by atoms with van der Waals surface area (Å²) in [5, 5.41) is 0.559. The van der Waals surface area contributed by atoms with Crippen LogP contribution in [-0.4, -0.2) is 12.9 Å². The predicted molar refractivity (Wildman–Crippen MR) is 72.4 cm³/mol. The van der Waals surface area contributed by atoms with Crippen LogP contribution in [0.4, 0.5) is 4.39 Å². The smallest absolute Gasteiger partial charge is 0.168 e. The number of ketones is 1. The number of rotatable bonds is 4. The Labute approximate surface area is 115 Å². The first kappa shape index (κ1) is 13.6. The lowest BCUT2D eigenvalue weighted by Gasteiger charge is -2.07. The summed E-state index contributed by atoms with van der Waals surface area (Å²) in [7, 11) is 1.39. The molecule has 0 aliphatic rings. The van der Waals surface area contributed by atoms with Crippen LogP contribution in [0.25, 0.3) is 0 Å². The van der Waals surface area contributed by atoms with Gasteiger partial charge in [-0.1, -0.05) is 23.7 Å². The summed E-state index contributed by atoms with van der Waals surface area (Å²) < 4.78 is 18.8. The molecule has 0 amide bonds. The fourth-order valence-corrected chi connectivity index (χ4v) is 1.89. The van der Waals surface area contributed by atoms with Crippen LogP contribution in [0.3, 0.4) is 0 Å². The molecule has 0 fully saturated rings. The van der Waals surface area contributed by atoms with Gasteiger partial charge in [0.25, 0.3) is 0 Å². The van der Waals surface area contributed by atoms with Crippen molar-refractivity contribution in [2.24, 2.45) is 0 Å². The van der Waals surface area contributed by atoms with E-state index in [1.807, 2.05) is 0 Å². The maximum absolute atomic E-state index is 13.9. The van der Waals surface area contributed by atoms with Crippen molar-refractivity contribution in [1.82, 2.24) is 0 Å². The third-order valence-electron chi connectivity index (χ3n) is 2.78. The van der Waals surface area contributed by atoms with Crippen molar-refractivity contribution in [2.75, 3.05) is 7.11 Å². The van der Waals surface area contributed by atoms with Gasteiger partial charge in [0.15, 0.2) is 17.3 Å². The van der Waals surface area contributed by atoms with Crippen LogP contribution in [0, 0.1) is 5.82 Å². The molecular weight excluding hydrogens is 267 g/mol. The first-order valence-electron chi connectivity index (χ1n) is 5.72. The number of methoxy groups -OCH3 is 1. The van der Waals surface area contributed by atoms with Crippen molar-refractivity contribution in [3.05, 3.63) is 64.4 Å². The number of hydrogen-bond donors (Lipinski definition) is 0. The van der Waals surface area contributed by atoms with Gasteiger partial charge in [0.2, 0.25) is 0 Å². The van der Waals surface area contributed by atoms with Crippen molar-refractivity contribution in [2.45, 2.75) is 6.42 Å². The third kappa shape index (κ3) is 3.12. The van der Waals surface area contributed by atoms with E-state index in [0.29, 0.717) is 16.1 Å². The van der Waals surface area contributed by atoms with Crippen molar-refractivity contribution in [1.29, 1.82) is 0 Å². The Bertz CT molecular complexity index is 594. The Hall–Kier alpha value is -1.87. The highest BCUT2D eigenvalue weighted by molar-refractivity contribution is 6.30. The quantitative estimate of drug-likeness (QED) is 0.793. The molecule has 98 valence electrons. The van der Waals surface area contributed by atoms with Crippen molar-refractivity contribution in [3.8, 4) is 5.75 Å². The molecule has 0 saturated heterocycles. The maximum Gasteiger partial charge on any atom is 0.168 e. The second-order valence-electron chi connectivity index (χ2n) is 4.04. The lowest BCUT2D eigenvalue weighted by molar-refractivity contribution is 0.0991. The fourth-order valence-electron chi connectivity index (χ4n) is 1.76. The van der Waals surface area contributed by atoms with Gasteiger partial charge in [0.1, 0.15) is 0 Å². The Kier molecular flexibility index (Phi) is 4.17. The van der Waals surface area contributed by atoms with E-state index in [1.165, 1.54) is 13.2 Å². The Morgan fingerprint density at radius 3 is 2.53 bits per heavy atom. The average molecular weight is 279 g/mol. The normalized spacial score (nSPS) is 10.3. The van der Waals surface area contributed by atoms with Crippen molar-refractivity contribution in [3.63, 3.8) is 0 Å². The molecular formula is C15H12ClFO2. The molecule has 2 aromatic carbocycles. The molecule has 2 aromatic rings. The van der Waals surface area contributed by atoms with E-state index in [-0.39, 0.29) is 18.0 Å². The van der Waals surface area contributed by atoms with E-state index in [9.17, 15) is 9.18 Å². The number of carbonyl (C=O) groups excluding carboxylic acids is 1. The number of ether oxygens (including phenoxy) is 1. The average Bonchev–Trinajstić information content (AvgIpc) is 2.42. The summed E-state index contributed by atoms with van der Waals surface area (Å²) >= 11 is 5.75. The molecule has 0 atom stereocenters. The SMILES string of the molecule is COc1cccc(CC(=O)c2ccc(Cl)cc2)c1F. The topological polar surface area (TPSA) is 26.3 Å². The summed E-state index contributed by atoms with van der Waals surface area (Å²) in [4.78, 5) is 12.0. The lowest BCUT2D eigenvalue weighted by Crippen LogP contribution is -2.05. The molecule has 4 heteroatoms. The van der Waals surface area contributed by atoms with Gasteiger partial charge in [-0.3, -0.25) is 4.79 Å². The third-order valence-corrected chi connectivity index (χ3v) is 3.03. The Morgan fingerprint density at radius 1 is 1.21 bits per heavy atom. The van der Waals surface area contributed by atoms with Gasteiger partial charge in [0.05, 0.1) is 7.11 Å².